The van der Waals surface area contributed by atoms with Gasteiger partial charge in [-0.05, 0) is 43.6 Å². The van der Waals surface area contributed by atoms with Crippen LogP contribution in [0.15, 0.2) is 30.3 Å². The molecule has 1 saturated carbocycles. The first-order chi connectivity index (χ1) is 10.3. The van der Waals surface area contributed by atoms with Crippen molar-refractivity contribution < 1.29 is 9.53 Å². The van der Waals surface area contributed by atoms with Gasteiger partial charge in [0.15, 0.2) is 0 Å². The van der Waals surface area contributed by atoms with Gasteiger partial charge in [-0.1, -0.05) is 30.3 Å². The highest BCUT2D eigenvalue weighted by atomic mass is 16.5. The third kappa shape index (κ3) is 3.65. The zero-order chi connectivity index (χ0) is 14.7. The Hall–Kier alpha value is -1.35. The molecule has 0 unspecified atom stereocenters. The van der Waals surface area contributed by atoms with Gasteiger partial charge in [0.05, 0.1) is 12.5 Å². The number of esters is 1. The smallest absolute Gasteiger partial charge is 0.310 e. The Labute approximate surface area is 127 Å². The zero-order valence-corrected chi connectivity index (χ0v) is 12.8. The summed E-state index contributed by atoms with van der Waals surface area (Å²) < 4.78 is 5.28. The maximum absolute atomic E-state index is 12.2. The summed E-state index contributed by atoms with van der Waals surface area (Å²) in [7, 11) is 0. The molecular weight excluding hydrogens is 262 g/mol. The molecule has 1 aliphatic heterocycles. The lowest BCUT2D eigenvalue weighted by atomic mass is 9.92. The zero-order valence-electron chi connectivity index (χ0n) is 12.8. The number of rotatable bonds is 6. The third-order valence-electron chi connectivity index (χ3n) is 4.82. The molecule has 3 nitrogen and oxygen atoms in total. The minimum Gasteiger partial charge on any atom is -0.466 e. The van der Waals surface area contributed by atoms with Crippen molar-refractivity contribution in [3.63, 3.8) is 0 Å². The summed E-state index contributed by atoms with van der Waals surface area (Å²) in [5.74, 6) is 1.42. The standard InChI is InChI=1S/C18H25NO2/c1-2-21-18(20)17-13-19(12-16(17)15-8-9-15)11-10-14-6-4-3-5-7-14/h3-7,15-17H,2,8-13H2,1H3/t16-,17+/m0/s1. The molecule has 0 aromatic heterocycles. The molecule has 2 atom stereocenters. The van der Waals surface area contributed by atoms with Gasteiger partial charge in [0, 0.05) is 19.6 Å². The number of hydrogen-bond donors (Lipinski definition) is 0. The van der Waals surface area contributed by atoms with Crippen molar-refractivity contribution in [2.45, 2.75) is 26.2 Å². The predicted molar refractivity (Wildman–Crippen MR) is 82.9 cm³/mol. The fourth-order valence-electron chi connectivity index (χ4n) is 3.53. The maximum Gasteiger partial charge on any atom is 0.310 e. The second kappa shape index (κ2) is 6.61. The van der Waals surface area contributed by atoms with E-state index in [2.05, 4.69) is 35.2 Å². The molecule has 0 N–H and O–H groups in total. The first kappa shape index (κ1) is 14.6. The van der Waals surface area contributed by atoms with Crippen LogP contribution in [-0.4, -0.2) is 37.1 Å². The number of nitrogens with zero attached hydrogens (tertiary/aromatic N) is 1. The summed E-state index contributed by atoms with van der Waals surface area (Å²) in [5.41, 5.74) is 1.38. The lowest BCUT2D eigenvalue weighted by molar-refractivity contribution is -0.149. The summed E-state index contributed by atoms with van der Waals surface area (Å²) in [6, 6.07) is 10.6. The SMILES string of the molecule is CCOC(=O)[C@@H]1CN(CCc2ccccc2)C[C@H]1C1CC1. The van der Waals surface area contributed by atoms with E-state index in [4.69, 9.17) is 4.74 Å². The number of carbonyl (C=O) groups excluding carboxylic acids is 1. The van der Waals surface area contributed by atoms with Gasteiger partial charge in [0.1, 0.15) is 0 Å². The molecule has 21 heavy (non-hydrogen) atoms. The Morgan fingerprint density at radius 2 is 2.00 bits per heavy atom. The molecule has 114 valence electrons. The van der Waals surface area contributed by atoms with Crippen molar-refractivity contribution in [2.24, 2.45) is 17.8 Å². The highest BCUT2D eigenvalue weighted by Gasteiger charge is 2.45. The summed E-state index contributed by atoms with van der Waals surface area (Å²) in [6.45, 7) is 5.39. The monoisotopic (exact) mass is 287 g/mol. The molecular formula is C18H25NO2. The third-order valence-corrected chi connectivity index (χ3v) is 4.82. The summed E-state index contributed by atoms with van der Waals surface area (Å²) >= 11 is 0. The Morgan fingerprint density at radius 1 is 1.24 bits per heavy atom. The molecule has 3 heteroatoms. The van der Waals surface area contributed by atoms with Crippen molar-refractivity contribution in [1.29, 1.82) is 0 Å². The molecule has 0 spiro atoms. The second-order valence-corrected chi connectivity index (χ2v) is 6.36. The summed E-state index contributed by atoms with van der Waals surface area (Å²) in [6.07, 6.45) is 3.66. The van der Waals surface area contributed by atoms with Crippen molar-refractivity contribution in [1.82, 2.24) is 4.90 Å². The number of carbonyl (C=O) groups is 1. The van der Waals surface area contributed by atoms with Crippen molar-refractivity contribution in [3.05, 3.63) is 35.9 Å². The van der Waals surface area contributed by atoms with Crippen LogP contribution in [0.1, 0.15) is 25.3 Å². The van der Waals surface area contributed by atoms with Crippen molar-refractivity contribution >= 4 is 5.97 Å². The Balaban J connectivity index is 1.56. The van der Waals surface area contributed by atoms with E-state index in [0.29, 0.717) is 12.5 Å². The Kier molecular flexibility index (Phi) is 4.59. The van der Waals surface area contributed by atoms with Crippen LogP contribution in [0.5, 0.6) is 0 Å². The second-order valence-electron chi connectivity index (χ2n) is 6.36. The normalized spacial score (nSPS) is 26.0. The molecule has 1 saturated heterocycles. The van der Waals surface area contributed by atoms with Crippen LogP contribution in [0.2, 0.25) is 0 Å². The van der Waals surface area contributed by atoms with Crippen LogP contribution in [0.4, 0.5) is 0 Å². The molecule has 1 heterocycles. The van der Waals surface area contributed by atoms with Crippen molar-refractivity contribution in [3.8, 4) is 0 Å². The number of hydrogen-bond acceptors (Lipinski definition) is 3. The van der Waals surface area contributed by atoms with E-state index < -0.39 is 0 Å². The fourth-order valence-corrected chi connectivity index (χ4v) is 3.53. The van der Waals surface area contributed by atoms with E-state index >= 15 is 0 Å². The van der Waals surface area contributed by atoms with Crippen LogP contribution < -0.4 is 0 Å². The van der Waals surface area contributed by atoms with E-state index in [-0.39, 0.29) is 11.9 Å². The molecule has 0 bridgehead atoms. The van der Waals surface area contributed by atoms with Gasteiger partial charge >= 0.3 is 5.97 Å². The van der Waals surface area contributed by atoms with Gasteiger partial charge in [-0.15, -0.1) is 0 Å². The number of benzene rings is 1. The lowest BCUT2D eigenvalue weighted by Gasteiger charge is -2.15. The first-order valence-electron chi connectivity index (χ1n) is 8.21. The molecule has 2 aliphatic rings. The molecule has 3 rings (SSSR count). The lowest BCUT2D eigenvalue weighted by Crippen LogP contribution is -2.27. The van der Waals surface area contributed by atoms with Crippen LogP contribution in [0, 0.1) is 17.8 Å². The minimum atomic E-state index is 0.0246. The number of likely N-dealkylation sites (tertiary alicyclic amines) is 1. The Bertz CT molecular complexity index is 469. The predicted octanol–water partition coefficient (Wildman–Crippen LogP) is 2.75. The van der Waals surface area contributed by atoms with E-state index in [1.54, 1.807) is 0 Å². The fraction of sp³-hybridized carbons (Fsp3) is 0.611. The molecule has 1 aliphatic carbocycles. The molecule has 0 radical (unpaired) electrons. The van der Waals surface area contributed by atoms with Gasteiger partial charge < -0.3 is 9.64 Å². The van der Waals surface area contributed by atoms with Crippen LogP contribution in [0.3, 0.4) is 0 Å². The molecule has 1 aromatic rings. The van der Waals surface area contributed by atoms with Crippen LogP contribution in [0.25, 0.3) is 0 Å². The highest BCUT2D eigenvalue weighted by molar-refractivity contribution is 5.73. The first-order valence-corrected chi connectivity index (χ1v) is 8.21. The molecule has 2 fully saturated rings. The van der Waals surface area contributed by atoms with Gasteiger partial charge in [0.2, 0.25) is 0 Å². The highest BCUT2D eigenvalue weighted by Crippen LogP contribution is 2.44. The van der Waals surface area contributed by atoms with E-state index in [0.717, 1.165) is 32.0 Å². The average molecular weight is 287 g/mol. The number of ether oxygens (including phenoxy) is 1. The van der Waals surface area contributed by atoms with E-state index in [1.165, 1.54) is 18.4 Å². The Morgan fingerprint density at radius 3 is 2.67 bits per heavy atom. The van der Waals surface area contributed by atoms with Crippen molar-refractivity contribution in [2.75, 3.05) is 26.2 Å². The maximum atomic E-state index is 12.2. The summed E-state index contributed by atoms with van der Waals surface area (Å²) in [5, 5.41) is 0. The molecule has 0 amide bonds. The quantitative estimate of drug-likeness (QED) is 0.754. The van der Waals surface area contributed by atoms with Crippen LogP contribution in [-0.2, 0) is 16.0 Å². The largest absolute Gasteiger partial charge is 0.466 e. The minimum absolute atomic E-state index is 0.0246. The van der Waals surface area contributed by atoms with E-state index in [1.807, 2.05) is 6.92 Å². The van der Waals surface area contributed by atoms with Crippen LogP contribution >= 0.6 is 0 Å². The van der Waals surface area contributed by atoms with Gasteiger partial charge in [-0.25, -0.2) is 0 Å². The van der Waals surface area contributed by atoms with Gasteiger partial charge in [-0.2, -0.15) is 0 Å². The van der Waals surface area contributed by atoms with Gasteiger partial charge in [-0.3, -0.25) is 4.79 Å². The molecule has 1 aromatic carbocycles. The van der Waals surface area contributed by atoms with E-state index in [9.17, 15) is 4.79 Å². The van der Waals surface area contributed by atoms with Gasteiger partial charge in [0.25, 0.3) is 0 Å². The topological polar surface area (TPSA) is 29.5 Å². The average Bonchev–Trinajstić information content (AvgIpc) is 3.26. The summed E-state index contributed by atoms with van der Waals surface area (Å²) in [4.78, 5) is 14.6.